The predicted molar refractivity (Wildman–Crippen MR) is 85.0 cm³/mol. The van der Waals surface area contributed by atoms with Crippen molar-refractivity contribution in [2.45, 2.75) is 6.92 Å². The number of carbonyl (C=O) groups is 1. The van der Waals surface area contributed by atoms with Crippen LogP contribution in [0.1, 0.15) is 15.9 Å². The molecule has 0 unspecified atom stereocenters. The molecular formula is C14H10BrCl2NO2. The Hall–Kier alpha value is -1.23. The maximum Gasteiger partial charge on any atom is 0.259 e. The van der Waals surface area contributed by atoms with Gasteiger partial charge in [-0.3, -0.25) is 4.79 Å². The molecule has 0 fully saturated rings. The van der Waals surface area contributed by atoms with Crippen LogP contribution in [-0.4, -0.2) is 11.0 Å². The number of phenols is 1. The molecule has 2 aromatic carbocycles. The minimum atomic E-state index is -0.475. The minimum absolute atomic E-state index is 0.0996. The Morgan fingerprint density at radius 1 is 1.20 bits per heavy atom. The number of amides is 1. The van der Waals surface area contributed by atoms with Gasteiger partial charge in [-0.1, -0.05) is 50.8 Å². The third-order valence-corrected chi connectivity index (χ3v) is 3.70. The lowest BCUT2D eigenvalue weighted by Crippen LogP contribution is -2.13. The number of anilines is 1. The molecule has 3 nitrogen and oxygen atoms in total. The van der Waals surface area contributed by atoms with E-state index in [2.05, 4.69) is 21.2 Å². The number of rotatable bonds is 2. The van der Waals surface area contributed by atoms with Crippen molar-refractivity contribution in [3.63, 3.8) is 0 Å². The number of benzene rings is 2. The summed E-state index contributed by atoms with van der Waals surface area (Å²) in [5.74, 6) is -0.574. The average molecular weight is 375 g/mol. The molecule has 0 saturated carbocycles. The summed E-state index contributed by atoms with van der Waals surface area (Å²) < 4.78 is 0.712. The highest BCUT2D eigenvalue weighted by molar-refractivity contribution is 9.10. The molecule has 0 aliphatic rings. The normalized spacial score (nSPS) is 10.4. The van der Waals surface area contributed by atoms with Gasteiger partial charge in [-0.2, -0.15) is 0 Å². The van der Waals surface area contributed by atoms with Crippen LogP contribution in [0.25, 0.3) is 0 Å². The summed E-state index contributed by atoms with van der Waals surface area (Å²) in [5, 5.41) is 13.0. The lowest BCUT2D eigenvalue weighted by Gasteiger charge is -2.11. The van der Waals surface area contributed by atoms with Gasteiger partial charge in [0, 0.05) is 4.47 Å². The molecule has 0 aromatic heterocycles. The van der Waals surface area contributed by atoms with Gasteiger partial charge in [0.2, 0.25) is 0 Å². The minimum Gasteiger partial charge on any atom is -0.507 e. The maximum atomic E-state index is 12.2. The van der Waals surface area contributed by atoms with E-state index in [4.69, 9.17) is 23.2 Å². The van der Waals surface area contributed by atoms with Gasteiger partial charge < -0.3 is 10.4 Å². The summed E-state index contributed by atoms with van der Waals surface area (Å²) in [6.07, 6.45) is 0. The van der Waals surface area contributed by atoms with Gasteiger partial charge in [0.05, 0.1) is 21.3 Å². The number of carbonyl (C=O) groups excluding carboxylic acids is 1. The average Bonchev–Trinajstić information content (AvgIpc) is 2.36. The lowest BCUT2D eigenvalue weighted by atomic mass is 10.1. The molecule has 0 bridgehead atoms. The number of aryl methyl sites for hydroxylation is 1. The van der Waals surface area contributed by atoms with Gasteiger partial charge in [0.15, 0.2) is 0 Å². The van der Waals surface area contributed by atoms with Crippen molar-refractivity contribution in [2.75, 3.05) is 5.32 Å². The fourth-order valence-electron chi connectivity index (χ4n) is 1.67. The Morgan fingerprint density at radius 3 is 2.40 bits per heavy atom. The molecule has 20 heavy (non-hydrogen) atoms. The SMILES string of the molecule is Cc1ccc(O)c(C(=O)Nc2c(Cl)cc(Br)cc2Cl)c1. The smallest absolute Gasteiger partial charge is 0.259 e. The van der Waals surface area contributed by atoms with Gasteiger partial charge in [0.1, 0.15) is 5.75 Å². The quantitative estimate of drug-likeness (QED) is 0.775. The molecule has 2 aromatic rings. The monoisotopic (exact) mass is 373 g/mol. The largest absolute Gasteiger partial charge is 0.507 e. The van der Waals surface area contributed by atoms with Gasteiger partial charge in [-0.05, 0) is 31.2 Å². The molecule has 0 heterocycles. The first-order valence-electron chi connectivity index (χ1n) is 5.64. The van der Waals surface area contributed by atoms with Crippen LogP contribution < -0.4 is 5.32 Å². The fourth-order valence-corrected chi connectivity index (χ4v) is 2.98. The van der Waals surface area contributed by atoms with Gasteiger partial charge in [-0.15, -0.1) is 0 Å². The van der Waals surface area contributed by atoms with Gasteiger partial charge in [-0.25, -0.2) is 0 Å². The van der Waals surface area contributed by atoms with E-state index in [1.807, 2.05) is 6.92 Å². The van der Waals surface area contributed by atoms with Crippen molar-refractivity contribution in [3.8, 4) is 5.75 Å². The number of halogens is 3. The molecule has 0 saturated heterocycles. The summed E-state index contributed by atoms with van der Waals surface area (Å²) in [6, 6.07) is 8.02. The van der Waals surface area contributed by atoms with E-state index in [0.717, 1.165) is 5.56 Å². The highest BCUT2D eigenvalue weighted by atomic mass is 79.9. The number of nitrogens with one attached hydrogen (secondary N) is 1. The van der Waals surface area contributed by atoms with Crippen molar-refractivity contribution in [2.24, 2.45) is 0 Å². The second-order valence-corrected chi connectivity index (χ2v) is 5.95. The molecule has 0 aliphatic heterocycles. The summed E-state index contributed by atoms with van der Waals surface area (Å²) in [4.78, 5) is 12.2. The first kappa shape index (κ1) is 15.2. The molecule has 2 N–H and O–H groups in total. The number of hydrogen-bond donors (Lipinski definition) is 2. The van der Waals surface area contributed by atoms with Crippen LogP contribution >= 0.6 is 39.1 Å². The van der Waals surface area contributed by atoms with E-state index in [-0.39, 0.29) is 11.3 Å². The second kappa shape index (κ2) is 6.04. The standard InChI is InChI=1S/C14H10BrCl2NO2/c1-7-2-3-12(19)9(4-7)14(20)18-13-10(16)5-8(15)6-11(13)17/h2-6,19H,1H3,(H,18,20). The third kappa shape index (κ3) is 3.26. The third-order valence-electron chi connectivity index (χ3n) is 2.64. The van der Waals surface area contributed by atoms with Gasteiger partial charge in [0.25, 0.3) is 5.91 Å². The zero-order chi connectivity index (χ0) is 14.9. The van der Waals surface area contributed by atoms with Crippen LogP contribution in [0, 0.1) is 6.92 Å². The first-order chi connectivity index (χ1) is 9.38. The molecule has 0 aliphatic carbocycles. The molecule has 2 rings (SSSR count). The van der Waals surface area contributed by atoms with Crippen LogP contribution in [0.4, 0.5) is 5.69 Å². The van der Waals surface area contributed by atoms with Crippen molar-refractivity contribution in [3.05, 3.63) is 56.0 Å². The Labute approximate surface area is 134 Å². The Morgan fingerprint density at radius 2 is 1.80 bits per heavy atom. The van der Waals surface area contributed by atoms with Gasteiger partial charge >= 0.3 is 0 Å². The summed E-state index contributed by atoms with van der Waals surface area (Å²) in [7, 11) is 0. The summed E-state index contributed by atoms with van der Waals surface area (Å²) >= 11 is 15.3. The number of phenolic OH excluding ortho intramolecular Hbond substituents is 1. The first-order valence-corrected chi connectivity index (χ1v) is 7.19. The highest BCUT2D eigenvalue weighted by Gasteiger charge is 2.15. The van der Waals surface area contributed by atoms with E-state index in [1.165, 1.54) is 6.07 Å². The second-order valence-electron chi connectivity index (χ2n) is 4.22. The Kier molecular flexibility index (Phi) is 4.58. The van der Waals surface area contributed by atoms with Crippen molar-refractivity contribution >= 4 is 50.7 Å². The molecule has 0 atom stereocenters. The topological polar surface area (TPSA) is 49.3 Å². The van der Waals surface area contributed by atoms with Crippen LogP contribution in [0.2, 0.25) is 10.0 Å². The highest BCUT2D eigenvalue weighted by Crippen LogP contribution is 2.34. The molecule has 0 spiro atoms. The summed E-state index contributed by atoms with van der Waals surface area (Å²) in [6.45, 7) is 1.83. The Bertz CT molecular complexity index is 666. The lowest BCUT2D eigenvalue weighted by molar-refractivity contribution is 0.102. The fraction of sp³-hybridized carbons (Fsp3) is 0.0714. The van der Waals surface area contributed by atoms with Crippen molar-refractivity contribution in [1.82, 2.24) is 0 Å². The number of hydrogen-bond acceptors (Lipinski definition) is 2. The van der Waals surface area contributed by atoms with Crippen LogP contribution in [0.15, 0.2) is 34.8 Å². The van der Waals surface area contributed by atoms with E-state index >= 15 is 0 Å². The number of aromatic hydroxyl groups is 1. The van der Waals surface area contributed by atoms with E-state index in [9.17, 15) is 9.90 Å². The molecule has 0 radical (unpaired) electrons. The van der Waals surface area contributed by atoms with Crippen LogP contribution in [0.5, 0.6) is 5.75 Å². The molecule has 6 heteroatoms. The zero-order valence-electron chi connectivity index (χ0n) is 10.4. The van der Waals surface area contributed by atoms with Crippen molar-refractivity contribution < 1.29 is 9.90 Å². The molecular weight excluding hydrogens is 365 g/mol. The molecule has 104 valence electrons. The van der Waals surface area contributed by atoms with E-state index < -0.39 is 5.91 Å². The van der Waals surface area contributed by atoms with E-state index in [1.54, 1.807) is 24.3 Å². The van der Waals surface area contributed by atoms with Crippen LogP contribution in [-0.2, 0) is 0 Å². The zero-order valence-corrected chi connectivity index (χ0v) is 13.5. The van der Waals surface area contributed by atoms with Crippen molar-refractivity contribution in [1.29, 1.82) is 0 Å². The summed E-state index contributed by atoms with van der Waals surface area (Å²) in [5.41, 5.74) is 1.34. The van der Waals surface area contributed by atoms with E-state index in [0.29, 0.717) is 20.2 Å². The maximum absolute atomic E-state index is 12.2. The van der Waals surface area contributed by atoms with Crippen LogP contribution in [0.3, 0.4) is 0 Å². The molecule has 1 amide bonds. The predicted octanol–water partition coefficient (Wildman–Crippen LogP) is 5.02. The Balaban J connectivity index is 2.35.